The third kappa shape index (κ3) is 3.45. The number of H-pyrrole nitrogens is 1. The summed E-state index contributed by atoms with van der Waals surface area (Å²) in [6, 6.07) is 7.77. The molecular formula is C19H26N4O. The molecule has 1 aliphatic heterocycles. The maximum absolute atomic E-state index is 10.3. The van der Waals surface area contributed by atoms with E-state index in [-0.39, 0.29) is 5.76 Å². The van der Waals surface area contributed by atoms with Gasteiger partial charge in [-0.2, -0.15) is 0 Å². The summed E-state index contributed by atoms with van der Waals surface area (Å²) in [5.41, 5.74) is 2.32. The zero-order valence-electron chi connectivity index (χ0n) is 14.3. The van der Waals surface area contributed by atoms with Gasteiger partial charge in [0.25, 0.3) is 0 Å². The van der Waals surface area contributed by atoms with Gasteiger partial charge in [0.2, 0.25) is 0 Å². The average molecular weight is 326 g/mol. The number of rotatable bonds is 8. The van der Waals surface area contributed by atoms with Crippen LogP contribution < -0.4 is 0 Å². The molecule has 1 aromatic carbocycles. The van der Waals surface area contributed by atoms with Crippen LogP contribution >= 0.6 is 0 Å². The van der Waals surface area contributed by atoms with Crippen LogP contribution in [0.5, 0.6) is 0 Å². The monoisotopic (exact) mass is 326 g/mol. The van der Waals surface area contributed by atoms with Crippen molar-refractivity contribution < 1.29 is 5.11 Å². The number of fused-ring (bicyclic) bond motifs is 1. The highest BCUT2D eigenvalue weighted by atomic mass is 16.3. The Balaban J connectivity index is 1.61. The van der Waals surface area contributed by atoms with Crippen molar-refractivity contribution >= 4 is 22.4 Å². The Morgan fingerprint density at radius 2 is 1.92 bits per heavy atom. The van der Waals surface area contributed by atoms with E-state index in [0.717, 1.165) is 24.0 Å². The number of benzene rings is 1. The molecule has 0 amide bonds. The Hall–Kier alpha value is -2.30. The predicted octanol–water partition coefficient (Wildman–Crippen LogP) is 4.49. The lowest BCUT2D eigenvalue weighted by molar-refractivity contribution is 0.344. The highest BCUT2D eigenvalue weighted by Crippen LogP contribution is 2.27. The van der Waals surface area contributed by atoms with E-state index in [2.05, 4.69) is 16.9 Å². The van der Waals surface area contributed by atoms with Gasteiger partial charge in [-0.1, -0.05) is 51.2 Å². The number of para-hydroxylation sites is 2. The molecule has 3 rings (SSSR count). The Morgan fingerprint density at radius 3 is 2.71 bits per heavy atom. The van der Waals surface area contributed by atoms with Crippen LogP contribution in [-0.4, -0.2) is 38.9 Å². The van der Waals surface area contributed by atoms with Crippen molar-refractivity contribution in [2.24, 2.45) is 0 Å². The number of amidine groups is 1. The van der Waals surface area contributed by atoms with Crippen LogP contribution in [0.25, 0.3) is 16.6 Å². The summed E-state index contributed by atoms with van der Waals surface area (Å²) in [7, 11) is 0. The van der Waals surface area contributed by atoms with Gasteiger partial charge in [-0.25, -0.2) is 4.98 Å². The Morgan fingerprint density at radius 1 is 1.17 bits per heavy atom. The number of hydrogen-bond donors (Lipinski definition) is 3. The quantitative estimate of drug-likeness (QED) is 0.626. The normalized spacial score (nSPS) is 15.0. The molecule has 5 heteroatoms. The van der Waals surface area contributed by atoms with E-state index < -0.39 is 0 Å². The largest absolute Gasteiger partial charge is 0.510 e. The third-order valence-corrected chi connectivity index (χ3v) is 4.59. The number of imidazole rings is 1. The molecule has 0 saturated carbocycles. The van der Waals surface area contributed by atoms with Crippen LogP contribution in [0.4, 0.5) is 0 Å². The van der Waals surface area contributed by atoms with Gasteiger partial charge in [-0.3, -0.25) is 5.41 Å². The van der Waals surface area contributed by atoms with Gasteiger partial charge in [-0.15, -0.1) is 0 Å². The summed E-state index contributed by atoms with van der Waals surface area (Å²) in [6.45, 7) is 3.46. The summed E-state index contributed by atoms with van der Waals surface area (Å²) in [6.07, 6.45) is 7.36. The molecule has 0 spiro atoms. The van der Waals surface area contributed by atoms with Crippen LogP contribution in [0.1, 0.15) is 51.3 Å². The first-order valence-electron chi connectivity index (χ1n) is 8.91. The highest BCUT2D eigenvalue weighted by molar-refractivity contribution is 6.23. The van der Waals surface area contributed by atoms with Crippen LogP contribution in [-0.2, 0) is 0 Å². The maximum atomic E-state index is 10.3. The molecule has 0 fully saturated rings. The lowest BCUT2D eigenvalue weighted by Gasteiger charge is -2.18. The van der Waals surface area contributed by atoms with E-state index >= 15 is 0 Å². The number of nitrogens with zero attached hydrogens (tertiary/aromatic N) is 2. The summed E-state index contributed by atoms with van der Waals surface area (Å²) in [4.78, 5) is 9.67. The van der Waals surface area contributed by atoms with E-state index in [9.17, 15) is 5.11 Å². The number of unbranched alkanes of at least 4 members (excludes halogenated alkanes) is 5. The molecule has 128 valence electrons. The molecule has 1 aliphatic rings. The summed E-state index contributed by atoms with van der Waals surface area (Å²) in [5, 5.41) is 18.7. The van der Waals surface area contributed by atoms with Gasteiger partial charge >= 0.3 is 0 Å². The third-order valence-electron chi connectivity index (χ3n) is 4.59. The van der Waals surface area contributed by atoms with Gasteiger partial charge < -0.3 is 15.0 Å². The highest BCUT2D eigenvalue weighted by Gasteiger charge is 2.29. The van der Waals surface area contributed by atoms with E-state index in [1.54, 1.807) is 0 Å². The van der Waals surface area contributed by atoms with E-state index in [0.29, 0.717) is 23.8 Å². The minimum absolute atomic E-state index is 0.241. The first kappa shape index (κ1) is 16.6. The first-order chi connectivity index (χ1) is 11.7. The van der Waals surface area contributed by atoms with Crippen molar-refractivity contribution in [3.8, 4) is 0 Å². The molecule has 0 atom stereocenters. The van der Waals surface area contributed by atoms with Crippen LogP contribution in [0.3, 0.4) is 0 Å². The van der Waals surface area contributed by atoms with Gasteiger partial charge in [0.15, 0.2) is 0 Å². The van der Waals surface area contributed by atoms with Gasteiger partial charge in [0.05, 0.1) is 23.2 Å². The molecule has 0 radical (unpaired) electrons. The molecule has 0 aliphatic carbocycles. The van der Waals surface area contributed by atoms with Crippen LogP contribution in [0, 0.1) is 5.41 Å². The maximum Gasteiger partial charge on any atom is 0.145 e. The molecule has 0 unspecified atom stereocenters. The summed E-state index contributed by atoms with van der Waals surface area (Å²) in [5.74, 6) is 1.20. The molecule has 3 N–H and O–H groups in total. The van der Waals surface area contributed by atoms with Crippen molar-refractivity contribution in [1.29, 1.82) is 5.41 Å². The number of nitrogens with one attached hydrogen (secondary N) is 2. The molecule has 0 saturated heterocycles. The van der Waals surface area contributed by atoms with E-state index in [4.69, 9.17) is 5.41 Å². The second-order valence-corrected chi connectivity index (χ2v) is 6.46. The molecule has 2 heterocycles. The lowest BCUT2D eigenvalue weighted by atomic mass is 10.1. The SMILES string of the molecule is CCCCCCCCN1CC(O)=C(c2nc3ccccc3[nH]2)C1=N. The Kier molecular flexibility index (Phi) is 5.18. The Bertz CT molecular complexity index is 714. The number of aliphatic hydroxyl groups is 1. The van der Waals surface area contributed by atoms with Crippen molar-refractivity contribution in [2.75, 3.05) is 13.1 Å². The molecule has 5 nitrogen and oxygen atoms in total. The average Bonchev–Trinajstić information content (AvgIpc) is 3.11. The number of aromatic amines is 1. The smallest absolute Gasteiger partial charge is 0.145 e. The van der Waals surface area contributed by atoms with Gasteiger partial charge in [0.1, 0.15) is 17.4 Å². The van der Waals surface area contributed by atoms with Gasteiger partial charge in [-0.05, 0) is 18.6 Å². The molecule has 1 aromatic heterocycles. The first-order valence-corrected chi connectivity index (χ1v) is 8.91. The fourth-order valence-electron chi connectivity index (χ4n) is 3.23. The standard InChI is InChI=1S/C19H26N4O/c1-2-3-4-5-6-9-12-23-13-16(24)17(18(23)20)19-21-14-10-7-8-11-15(14)22-19/h7-8,10-11,20,24H,2-6,9,12-13H2,1H3,(H,21,22). The van der Waals surface area contributed by atoms with E-state index in [1.807, 2.05) is 29.2 Å². The fourth-order valence-corrected chi connectivity index (χ4v) is 3.23. The number of aliphatic hydroxyl groups excluding tert-OH is 1. The van der Waals surface area contributed by atoms with Crippen molar-refractivity contribution in [3.05, 3.63) is 35.8 Å². The second-order valence-electron chi connectivity index (χ2n) is 6.46. The van der Waals surface area contributed by atoms with Crippen molar-refractivity contribution in [3.63, 3.8) is 0 Å². The van der Waals surface area contributed by atoms with E-state index in [1.165, 1.54) is 32.1 Å². The van der Waals surface area contributed by atoms with Crippen LogP contribution in [0.2, 0.25) is 0 Å². The minimum atomic E-state index is 0.241. The molecule has 0 bridgehead atoms. The number of aromatic nitrogens is 2. The Labute approximate surface area is 142 Å². The molecule has 2 aromatic rings. The predicted molar refractivity (Wildman–Crippen MR) is 98.3 cm³/mol. The second kappa shape index (κ2) is 7.51. The summed E-state index contributed by atoms with van der Waals surface area (Å²) >= 11 is 0. The van der Waals surface area contributed by atoms with Crippen LogP contribution in [0.15, 0.2) is 30.0 Å². The molecular weight excluding hydrogens is 300 g/mol. The summed E-state index contributed by atoms with van der Waals surface area (Å²) < 4.78 is 0. The van der Waals surface area contributed by atoms with Gasteiger partial charge in [0, 0.05) is 6.54 Å². The minimum Gasteiger partial charge on any atom is -0.510 e. The lowest BCUT2D eigenvalue weighted by Crippen LogP contribution is -2.27. The van der Waals surface area contributed by atoms with Crippen molar-refractivity contribution in [1.82, 2.24) is 14.9 Å². The molecule has 24 heavy (non-hydrogen) atoms. The fraction of sp³-hybridized carbons (Fsp3) is 0.474. The zero-order valence-corrected chi connectivity index (χ0v) is 14.3. The zero-order chi connectivity index (χ0) is 16.9. The topological polar surface area (TPSA) is 76.0 Å². The number of hydrogen-bond acceptors (Lipinski definition) is 3. The van der Waals surface area contributed by atoms with Crippen molar-refractivity contribution in [2.45, 2.75) is 45.4 Å².